The van der Waals surface area contributed by atoms with Crippen LogP contribution >= 0.6 is 0 Å². The number of benzene rings is 1. The molecule has 32 N–H and O–H groups in total. The molecule has 17 atom stereocenters. The van der Waals surface area contributed by atoms with Crippen molar-refractivity contribution in [3.63, 3.8) is 0 Å². The third kappa shape index (κ3) is 35.6. The minimum atomic E-state index is -2.00. The summed E-state index contributed by atoms with van der Waals surface area (Å²) in [6.45, 7) is 6.47. The Balaban J connectivity index is 2.31. The van der Waals surface area contributed by atoms with Crippen LogP contribution in [0.5, 0.6) is 0 Å². The van der Waals surface area contributed by atoms with E-state index in [9.17, 15) is 107 Å². The second-order valence-corrected chi connectivity index (χ2v) is 27.3. The van der Waals surface area contributed by atoms with Crippen LogP contribution in [0.2, 0.25) is 0 Å². The Kier molecular flexibility index (Phi) is 44.3. The van der Waals surface area contributed by atoms with Crippen LogP contribution in [-0.4, -0.2) is 290 Å². The standard InChI is InChI=1S/C69H113N23O23/c1-9-33(4)52(66(112)84-42(19-15-21-76-69(73)74)58(104)88-48(30-96)64(110)92-53(37(8)97)67(113)86-44(24-49(72)98)61(107)87-45(68(114)115)23-39-25-75-31-78-39)91-56(102)36(7)80-63(109)47(29-95)89-60(106)43(22-38-16-11-10-12-17-38)85-55(101)35(6)81-65(111)51(32(2)3)90-59(105)41(18-13-14-20-70)83-54(100)34(5)79-62(108)46(28-94)82-50(99)26-77-57(103)40(71)27-93/h10-12,16-17,25,31-37,40-48,51-53,93-97H,9,13-15,18-24,26-30,70-71H2,1-8H3,(H2,72,98)(H,75,78)(H,77,103)(H,79,108)(H,80,109)(H,81,111)(H,82,99)(H,83,100)(H,84,112)(H,85,101)(H,86,113)(H,87,107)(H,88,104)(H,89,106)(H,90,105)(H,91,102)(H,92,110)(H,114,115)(H4,73,74,76)/t33-,34-,35-,36-,37+,40-,41-,42-,43-,44-,45-,46-,47-,48-,51-,52-,53-/m0/s1. The van der Waals surface area contributed by atoms with Crippen LogP contribution in [-0.2, 0) is 94.3 Å². The van der Waals surface area contributed by atoms with Gasteiger partial charge in [-0.1, -0.05) is 64.4 Å². The van der Waals surface area contributed by atoms with Crippen molar-refractivity contribution >= 4 is 106 Å². The van der Waals surface area contributed by atoms with Gasteiger partial charge in [-0.15, -0.1) is 0 Å². The number of aliphatic imine (C=N–C) groups is 1. The predicted octanol–water partition coefficient (Wildman–Crippen LogP) is -12.3. The molecule has 0 aliphatic carbocycles. The number of carbonyl (C=O) groups is 17. The molecule has 642 valence electrons. The van der Waals surface area contributed by atoms with Crippen LogP contribution < -0.4 is 108 Å². The minimum Gasteiger partial charge on any atom is -0.480 e. The first-order chi connectivity index (χ1) is 54.2. The summed E-state index contributed by atoms with van der Waals surface area (Å²) in [7, 11) is 0. The first-order valence-electron chi connectivity index (χ1n) is 36.8. The number of imidazole rings is 1. The molecule has 0 aliphatic rings. The van der Waals surface area contributed by atoms with E-state index in [1.165, 1.54) is 33.3 Å². The highest BCUT2D eigenvalue weighted by molar-refractivity contribution is 6.01. The number of carboxylic acid groups (broad SMARTS) is 1. The van der Waals surface area contributed by atoms with Gasteiger partial charge in [0.25, 0.3) is 0 Å². The number of hydrogen-bond donors (Lipinski definition) is 27. The molecule has 0 radical (unpaired) electrons. The van der Waals surface area contributed by atoms with Crippen LogP contribution in [0, 0.1) is 11.8 Å². The topological polar surface area (TPSA) is 763 Å². The average molecular weight is 1630 g/mol. The van der Waals surface area contributed by atoms with Crippen LogP contribution in [0.1, 0.15) is 112 Å². The number of guanidine groups is 1. The van der Waals surface area contributed by atoms with Gasteiger partial charge in [-0.3, -0.25) is 81.7 Å². The molecule has 0 saturated carbocycles. The molecule has 0 fully saturated rings. The Hall–Kier alpha value is -11.6. The van der Waals surface area contributed by atoms with Crippen molar-refractivity contribution in [2.75, 3.05) is 46.1 Å². The number of rotatable bonds is 53. The van der Waals surface area contributed by atoms with Crippen molar-refractivity contribution in [1.82, 2.24) is 89.7 Å². The van der Waals surface area contributed by atoms with Gasteiger partial charge in [0.05, 0.1) is 51.8 Å². The molecule has 1 heterocycles. The number of aliphatic carboxylic acids is 1. The highest BCUT2D eigenvalue weighted by Crippen LogP contribution is 2.14. The largest absolute Gasteiger partial charge is 0.480 e. The zero-order valence-corrected chi connectivity index (χ0v) is 65.2. The maximum Gasteiger partial charge on any atom is 0.326 e. The van der Waals surface area contributed by atoms with Crippen LogP contribution in [0.3, 0.4) is 0 Å². The number of nitrogens with two attached hydrogens (primary N) is 5. The second kappa shape index (κ2) is 51.2. The summed E-state index contributed by atoms with van der Waals surface area (Å²) in [5, 5.41) is 95.4. The SMILES string of the molecule is CC[C@H](C)[C@H](NC(=O)[C@H](C)NC(=O)[C@H](CO)NC(=O)[C@H](Cc1ccccc1)NC(=O)[C@H](C)NC(=O)[C@@H](NC(=O)[C@H](CCCCN)NC(=O)[C@H](C)NC(=O)[C@H](CO)NC(=O)CNC(=O)[C@@H](N)CO)C(C)C)C(=O)N[C@@H](CCCN=C(N)N)C(=O)N[C@@H](CO)C(=O)N[C@H](C(=O)N[C@@H](CC(N)=O)C(=O)N[C@@H](Cc1cnc[nH]1)C(=O)O)[C@@H](C)O. The van der Waals surface area contributed by atoms with Crippen molar-refractivity contribution in [3.05, 3.63) is 54.1 Å². The fourth-order valence-electron chi connectivity index (χ4n) is 10.5. The highest BCUT2D eigenvalue weighted by atomic mass is 16.4. The molecule has 46 nitrogen and oxygen atoms in total. The zero-order valence-electron chi connectivity index (χ0n) is 65.2. The van der Waals surface area contributed by atoms with Gasteiger partial charge in [0.2, 0.25) is 94.5 Å². The number of primary amides is 1. The Morgan fingerprint density at radius 2 is 0.896 bits per heavy atom. The number of nitrogens with zero attached hydrogens (tertiary/aromatic N) is 2. The number of aromatic nitrogens is 2. The van der Waals surface area contributed by atoms with Gasteiger partial charge < -0.3 is 144 Å². The molecule has 0 saturated heterocycles. The molecule has 0 aliphatic heterocycles. The first kappa shape index (κ1) is 99.5. The van der Waals surface area contributed by atoms with E-state index in [-0.39, 0.29) is 69.7 Å². The van der Waals surface area contributed by atoms with Gasteiger partial charge in [-0.2, -0.15) is 0 Å². The predicted molar refractivity (Wildman–Crippen MR) is 406 cm³/mol. The lowest BCUT2D eigenvalue weighted by atomic mass is 9.97. The van der Waals surface area contributed by atoms with Crippen molar-refractivity contribution in [1.29, 1.82) is 0 Å². The smallest absolute Gasteiger partial charge is 0.326 e. The van der Waals surface area contributed by atoms with E-state index >= 15 is 0 Å². The molecule has 0 unspecified atom stereocenters. The van der Waals surface area contributed by atoms with Crippen LogP contribution in [0.25, 0.3) is 0 Å². The third-order valence-electron chi connectivity index (χ3n) is 17.5. The van der Waals surface area contributed by atoms with E-state index in [2.05, 4.69) is 94.7 Å². The maximum atomic E-state index is 14.3. The number of aliphatic hydroxyl groups excluding tert-OH is 5. The van der Waals surface area contributed by atoms with Crippen molar-refractivity contribution < 1.29 is 112 Å². The van der Waals surface area contributed by atoms with Crippen LogP contribution in [0.4, 0.5) is 0 Å². The van der Waals surface area contributed by atoms with E-state index in [1.54, 1.807) is 58.0 Å². The number of H-pyrrole nitrogens is 1. The van der Waals surface area contributed by atoms with Gasteiger partial charge in [-0.05, 0) is 83.7 Å². The summed E-state index contributed by atoms with van der Waals surface area (Å²) >= 11 is 0. The van der Waals surface area contributed by atoms with E-state index in [0.717, 1.165) is 6.92 Å². The Morgan fingerprint density at radius 1 is 0.470 bits per heavy atom. The van der Waals surface area contributed by atoms with E-state index in [1.807, 2.05) is 0 Å². The van der Waals surface area contributed by atoms with Gasteiger partial charge in [0.15, 0.2) is 5.96 Å². The van der Waals surface area contributed by atoms with Crippen molar-refractivity contribution in [2.45, 2.75) is 210 Å². The molecule has 0 bridgehead atoms. The number of nitrogens with one attached hydrogen (secondary N) is 16. The summed E-state index contributed by atoms with van der Waals surface area (Å²) in [4.78, 5) is 239. The Labute approximate surface area is 661 Å². The normalized spacial score (nSPS) is 15.5. The number of carbonyl (C=O) groups excluding carboxylic acids is 16. The third-order valence-corrected chi connectivity index (χ3v) is 17.5. The quantitative estimate of drug-likeness (QED) is 0.0166. The van der Waals surface area contributed by atoms with Crippen LogP contribution in [0.15, 0.2) is 47.8 Å². The second-order valence-electron chi connectivity index (χ2n) is 27.3. The van der Waals surface area contributed by atoms with E-state index in [4.69, 9.17) is 33.8 Å². The Morgan fingerprint density at radius 3 is 1.38 bits per heavy atom. The minimum absolute atomic E-state index is 0.0262. The summed E-state index contributed by atoms with van der Waals surface area (Å²) < 4.78 is 0. The Bertz CT molecular complexity index is 3630. The van der Waals surface area contributed by atoms with E-state index < -0.39 is 248 Å². The molecule has 16 amide bonds. The molecule has 46 heteroatoms. The summed E-state index contributed by atoms with van der Waals surface area (Å²) in [6.07, 6.45) is -0.193. The monoisotopic (exact) mass is 1630 g/mol. The number of carboxylic acids is 1. The first-order valence-corrected chi connectivity index (χ1v) is 36.8. The van der Waals surface area contributed by atoms with Gasteiger partial charge in [0, 0.05) is 31.3 Å². The molecule has 2 rings (SSSR count). The molecule has 115 heavy (non-hydrogen) atoms. The van der Waals surface area contributed by atoms with E-state index in [0.29, 0.717) is 12.0 Å². The van der Waals surface area contributed by atoms with Crippen molar-refractivity contribution in [2.24, 2.45) is 45.5 Å². The zero-order chi connectivity index (χ0) is 86.9. The van der Waals surface area contributed by atoms with Gasteiger partial charge >= 0.3 is 5.97 Å². The molecule has 1 aromatic carbocycles. The summed E-state index contributed by atoms with van der Waals surface area (Å²) in [5.41, 5.74) is 28.2. The number of aliphatic hydroxyl groups is 5. The lowest BCUT2D eigenvalue weighted by Gasteiger charge is -2.29. The summed E-state index contributed by atoms with van der Waals surface area (Å²) in [5.74, 6) is -20.2. The van der Waals surface area contributed by atoms with Gasteiger partial charge in [0.1, 0.15) is 90.6 Å². The number of unbranched alkanes of at least 4 members (excludes halogenated alkanes) is 1. The molecular formula is C69H113N23O23. The van der Waals surface area contributed by atoms with Crippen molar-refractivity contribution in [3.8, 4) is 0 Å². The molecule has 1 aromatic heterocycles. The maximum absolute atomic E-state index is 14.3. The lowest BCUT2D eigenvalue weighted by Crippen LogP contribution is -2.62. The van der Waals surface area contributed by atoms with Gasteiger partial charge in [-0.25, -0.2) is 9.78 Å². The number of aromatic amines is 1. The number of amides is 16. The highest BCUT2D eigenvalue weighted by Gasteiger charge is 2.39. The molecule has 0 spiro atoms. The molecule has 2 aromatic rings. The fourth-order valence-corrected chi connectivity index (χ4v) is 10.5. The molecular weight excluding hydrogens is 1520 g/mol. The fraction of sp³-hybridized carbons (Fsp3) is 0.609. The summed E-state index contributed by atoms with van der Waals surface area (Å²) in [6, 6.07) is -15.9. The lowest BCUT2D eigenvalue weighted by molar-refractivity contribution is -0.142. The average Bonchev–Trinajstić information content (AvgIpc) is 0.859. The number of hydrogen-bond acceptors (Lipinski definition) is 26.